The van der Waals surface area contributed by atoms with Gasteiger partial charge in [0.25, 0.3) is 0 Å². The number of rotatable bonds is 6. The predicted octanol–water partition coefficient (Wildman–Crippen LogP) is 5.04. The highest BCUT2D eigenvalue weighted by molar-refractivity contribution is 7.99. The highest BCUT2D eigenvalue weighted by atomic mass is 35.5. The zero-order valence-corrected chi connectivity index (χ0v) is 13.5. The van der Waals surface area contributed by atoms with Crippen LogP contribution in [0, 0.1) is 0 Å². The molecule has 0 radical (unpaired) electrons. The molecule has 1 aromatic carbocycles. The summed E-state index contributed by atoms with van der Waals surface area (Å²) in [6, 6.07) is 9.71. The van der Waals surface area contributed by atoms with Crippen molar-refractivity contribution in [3.63, 3.8) is 0 Å². The van der Waals surface area contributed by atoms with Crippen molar-refractivity contribution in [3.8, 4) is 0 Å². The Morgan fingerprint density at radius 1 is 1.15 bits per heavy atom. The van der Waals surface area contributed by atoms with Crippen molar-refractivity contribution in [2.24, 2.45) is 0 Å². The molecule has 2 nitrogen and oxygen atoms in total. The number of hydrogen-bond acceptors (Lipinski definition) is 3. The molecule has 0 aliphatic heterocycles. The smallest absolute Gasteiger partial charge is 0.101 e. The van der Waals surface area contributed by atoms with Gasteiger partial charge in [-0.2, -0.15) is 0 Å². The normalized spacial score (nSPS) is 10.8. The first kappa shape index (κ1) is 15.6. The largest absolute Gasteiger partial charge is 0.313 e. The molecule has 1 aromatic heterocycles. The Kier molecular flexibility index (Phi) is 6.17. The fraction of sp³-hybridized carbons (Fsp3) is 0.267. The van der Waals surface area contributed by atoms with E-state index >= 15 is 0 Å². The second-order valence-electron chi connectivity index (χ2n) is 4.36. The monoisotopic (exact) mass is 326 g/mol. The molecule has 0 aliphatic rings. The third-order valence-corrected chi connectivity index (χ3v) is 4.35. The summed E-state index contributed by atoms with van der Waals surface area (Å²) in [5.74, 6) is 0. The molecule has 5 heteroatoms. The van der Waals surface area contributed by atoms with Gasteiger partial charge < -0.3 is 5.32 Å². The summed E-state index contributed by atoms with van der Waals surface area (Å²) in [6.07, 6.45) is 3.04. The van der Waals surface area contributed by atoms with Gasteiger partial charge in [0.15, 0.2) is 0 Å². The Morgan fingerprint density at radius 3 is 2.65 bits per heavy atom. The van der Waals surface area contributed by atoms with Crippen LogP contribution >= 0.6 is 35.0 Å². The van der Waals surface area contributed by atoms with E-state index in [4.69, 9.17) is 23.2 Å². The first-order valence-corrected chi connectivity index (χ1v) is 8.05. The van der Waals surface area contributed by atoms with Gasteiger partial charge in [0.2, 0.25) is 0 Å². The molecule has 0 bridgehead atoms. The van der Waals surface area contributed by atoms with Gasteiger partial charge in [-0.25, -0.2) is 4.98 Å². The van der Waals surface area contributed by atoms with Gasteiger partial charge in [-0.1, -0.05) is 48.0 Å². The van der Waals surface area contributed by atoms with Crippen molar-refractivity contribution < 1.29 is 0 Å². The van der Waals surface area contributed by atoms with Crippen LogP contribution in [0.25, 0.3) is 0 Å². The molecular formula is C15H16Cl2N2S. The van der Waals surface area contributed by atoms with Gasteiger partial charge in [-0.05, 0) is 42.8 Å². The lowest BCUT2D eigenvalue weighted by Gasteiger charge is -2.05. The van der Waals surface area contributed by atoms with Crippen LogP contribution in [0.4, 0.5) is 0 Å². The summed E-state index contributed by atoms with van der Waals surface area (Å²) < 4.78 is 0. The van der Waals surface area contributed by atoms with Gasteiger partial charge in [0.1, 0.15) is 5.03 Å². The Hall–Kier alpha value is -0.740. The van der Waals surface area contributed by atoms with Gasteiger partial charge in [0.05, 0.1) is 10.0 Å². The van der Waals surface area contributed by atoms with Crippen LogP contribution in [0.3, 0.4) is 0 Å². The van der Waals surface area contributed by atoms with Crippen molar-refractivity contribution in [2.75, 3.05) is 6.54 Å². The number of halogens is 2. The molecule has 1 N–H and O–H groups in total. The quantitative estimate of drug-likeness (QED) is 0.753. The molecule has 1 heterocycles. The SMILES string of the molecule is CCCNCc1ccc(Sc2ccc(Cl)c(Cl)c2)nc1. The van der Waals surface area contributed by atoms with E-state index in [1.807, 2.05) is 24.4 Å². The molecule has 0 fully saturated rings. The minimum atomic E-state index is 0.567. The fourth-order valence-corrected chi connectivity index (χ4v) is 2.81. The summed E-state index contributed by atoms with van der Waals surface area (Å²) in [5, 5.41) is 5.44. The number of hydrogen-bond donors (Lipinski definition) is 1. The molecule has 20 heavy (non-hydrogen) atoms. The Balaban J connectivity index is 1.97. The molecule has 106 valence electrons. The van der Waals surface area contributed by atoms with E-state index in [1.165, 1.54) is 5.56 Å². The topological polar surface area (TPSA) is 24.9 Å². The Morgan fingerprint density at radius 2 is 2.00 bits per heavy atom. The number of nitrogens with one attached hydrogen (secondary N) is 1. The average Bonchev–Trinajstić information content (AvgIpc) is 2.45. The van der Waals surface area contributed by atoms with Crippen LogP contribution in [0.1, 0.15) is 18.9 Å². The predicted molar refractivity (Wildman–Crippen MR) is 86.8 cm³/mol. The molecule has 0 saturated carbocycles. The molecule has 0 saturated heterocycles. The summed E-state index contributed by atoms with van der Waals surface area (Å²) >= 11 is 13.5. The lowest BCUT2D eigenvalue weighted by molar-refractivity contribution is 0.673. The van der Waals surface area contributed by atoms with Gasteiger partial charge in [0, 0.05) is 17.6 Å². The summed E-state index contributed by atoms with van der Waals surface area (Å²) in [7, 11) is 0. The molecule has 0 unspecified atom stereocenters. The van der Waals surface area contributed by atoms with E-state index in [0.717, 1.165) is 29.4 Å². The van der Waals surface area contributed by atoms with Crippen molar-refractivity contribution in [1.82, 2.24) is 10.3 Å². The molecule has 0 aliphatic carbocycles. The maximum Gasteiger partial charge on any atom is 0.101 e. The van der Waals surface area contributed by atoms with Crippen molar-refractivity contribution >= 4 is 35.0 Å². The minimum absolute atomic E-state index is 0.567. The van der Waals surface area contributed by atoms with E-state index in [2.05, 4.69) is 23.3 Å². The highest BCUT2D eigenvalue weighted by Gasteiger charge is 2.03. The second-order valence-corrected chi connectivity index (χ2v) is 6.27. The molecule has 2 aromatic rings. The van der Waals surface area contributed by atoms with Crippen molar-refractivity contribution in [3.05, 3.63) is 52.1 Å². The van der Waals surface area contributed by atoms with E-state index < -0.39 is 0 Å². The zero-order valence-electron chi connectivity index (χ0n) is 11.2. The third-order valence-electron chi connectivity index (χ3n) is 2.67. The van der Waals surface area contributed by atoms with Crippen molar-refractivity contribution in [2.45, 2.75) is 29.8 Å². The Bertz CT molecular complexity index is 558. The lowest BCUT2D eigenvalue weighted by Crippen LogP contribution is -2.13. The first-order valence-electron chi connectivity index (χ1n) is 6.47. The van der Waals surface area contributed by atoms with Gasteiger partial charge >= 0.3 is 0 Å². The second kappa shape index (κ2) is 7.89. The Labute approximate surface area is 133 Å². The van der Waals surface area contributed by atoms with Crippen LogP contribution in [0.15, 0.2) is 46.5 Å². The number of aromatic nitrogens is 1. The molecule has 0 atom stereocenters. The molecule has 0 spiro atoms. The summed E-state index contributed by atoms with van der Waals surface area (Å²) in [4.78, 5) is 5.48. The zero-order chi connectivity index (χ0) is 14.4. The summed E-state index contributed by atoms with van der Waals surface area (Å²) in [5.41, 5.74) is 1.19. The average molecular weight is 327 g/mol. The maximum absolute atomic E-state index is 6.00. The minimum Gasteiger partial charge on any atom is -0.313 e. The van der Waals surface area contributed by atoms with Crippen LogP contribution < -0.4 is 5.32 Å². The van der Waals surface area contributed by atoms with Gasteiger partial charge in [-0.15, -0.1) is 0 Å². The van der Waals surface area contributed by atoms with Crippen LogP contribution in [-0.2, 0) is 6.54 Å². The van der Waals surface area contributed by atoms with Crippen molar-refractivity contribution in [1.29, 1.82) is 0 Å². The van der Waals surface area contributed by atoms with E-state index in [9.17, 15) is 0 Å². The van der Waals surface area contributed by atoms with E-state index in [1.54, 1.807) is 17.8 Å². The standard InChI is InChI=1S/C15H16Cl2N2S/c1-2-7-18-9-11-3-6-15(19-10-11)20-12-4-5-13(16)14(17)8-12/h3-6,8,10,18H,2,7,9H2,1H3. The van der Waals surface area contributed by atoms with E-state index in [-0.39, 0.29) is 0 Å². The molecular weight excluding hydrogens is 311 g/mol. The lowest BCUT2D eigenvalue weighted by atomic mass is 10.3. The highest BCUT2D eigenvalue weighted by Crippen LogP contribution is 2.31. The molecule has 0 amide bonds. The van der Waals surface area contributed by atoms with E-state index in [0.29, 0.717) is 10.0 Å². The number of benzene rings is 1. The number of nitrogens with zero attached hydrogens (tertiary/aromatic N) is 1. The fourth-order valence-electron chi connectivity index (χ4n) is 1.65. The van der Waals surface area contributed by atoms with Crippen LogP contribution in [0.2, 0.25) is 10.0 Å². The number of pyridine rings is 1. The summed E-state index contributed by atoms with van der Waals surface area (Å²) in [6.45, 7) is 4.04. The molecule has 2 rings (SSSR count). The maximum atomic E-state index is 6.00. The third kappa shape index (κ3) is 4.67. The van der Waals surface area contributed by atoms with Gasteiger partial charge in [-0.3, -0.25) is 0 Å². The first-order chi connectivity index (χ1) is 9.69. The van der Waals surface area contributed by atoms with Crippen LogP contribution in [0.5, 0.6) is 0 Å². The van der Waals surface area contributed by atoms with Crippen LogP contribution in [-0.4, -0.2) is 11.5 Å².